The second-order valence-electron chi connectivity index (χ2n) is 5.83. The Morgan fingerprint density at radius 3 is 2.67 bits per heavy atom. The smallest absolute Gasteiger partial charge is 0.122 e. The van der Waals surface area contributed by atoms with Gasteiger partial charge >= 0.3 is 0 Å². The van der Waals surface area contributed by atoms with E-state index in [1.807, 2.05) is 12.4 Å². The van der Waals surface area contributed by atoms with E-state index in [1.54, 1.807) is 0 Å². The van der Waals surface area contributed by atoms with Gasteiger partial charge in [-0.1, -0.05) is 13.8 Å². The zero-order valence-corrected chi connectivity index (χ0v) is 11.8. The van der Waals surface area contributed by atoms with Crippen LogP contribution in [0.25, 0.3) is 0 Å². The van der Waals surface area contributed by atoms with E-state index in [-0.39, 0.29) is 0 Å². The summed E-state index contributed by atoms with van der Waals surface area (Å²) in [7, 11) is 0. The lowest BCUT2D eigenvalue weighted by atomic mass is 10.0. The molecule has 2 N–H and O–H groups in total. The van der Waals surface area contributed by atoms with Crippen LogP contribution in [-0.4, -0.2) is 40.5 Å². The van der Waals surface area contributed by atoms with Gasteiger partial charge in [0.1, 0.15) is 5.82 Å². The molecule has 0 amide bonds. The number of aromatic amines is 1. The summed E-state index contributed by atoms with van der Waals surface area (Å²) in [5.74, 6) is 1.82. The van der Waals surface area contributed by atoms with Gasteiger partial charge in [0.2, 0.25) is 0 Å². The minimum Gasteiger partial charge on any atom is -0.347 e. The number of nitrogens with one attached hydrogen (secondary N) is 2. The van der Waals surface area contributed by atoms with Gasteiger partial charge in [0.25, 0.3) is 0 Å². The maximum atomic E-state index is 4.31. The number of H-pyrrole nitrogens is 1. The molecule has 1 aromatic rings. The standard InChI is InChI=1S/C14H26N4/c1-11(2)10-18-8-4-13(5-9-18)17-12(3)14-15-6-7-16-14/h6-7,11-13,17H,4-5,8-10H2,1-3H3,(H,15,16). The number of nitrogens with zero attached hydrogens (tertiary/aromatic N) is 2. The molecule has 1 fully saturated rings. The molecular formula is C14H26N4. The van der Waals surface area contributed by atoms with Gasteiger partial charge in [0.05, 0.1) is 6.04 Å². The molecule has 1 aliphatic heterocycles. The first kappa shape index (κ1) is 13.6. The number of hydrogen-bond acceptors (Lipinski definition) is 3. The first-order chi connectivity index (χ1) is 8.65. The maximum Gasteiger partial charge on any atom is 0.122 e. The second-order valence-corrected chi connectivity index (χ2v) is 5.83. The van der Waals surface area contributed by atoms with Crippen molar-refractivity contribution in [2.45, 2.75) is 45.7 Å². The number of piperidine rings is 1. The van der Waals surface area contributed by atoms with Crippen molar-refractivity contribution in [2.24, 2.45) is 5.92 Å². The van der Waals surface area contributed by atoms with E-state index >= 15 is 0 Å². The normalized spacial score (nSPS) is 20.4. The fraction of sp³-hybridized carbons (Fsp3) is 0.786. The molecule has 18 heavy (non-hydrogen) atoms. The molecule has 1 aromatic heterocycles. The number of imidazole rings is 1. The molecule has 2 rings (SSSR count). The van der Waals surface area contributed by atoms with Gasteiger partial charge in [-0.2, -0.15) is 0 Å². The highest BCUT2D eigenvalue weighted by atomic mass is 15.1. The van der Waals surface area contributed by atoms with E-state index in [9.17, 15) is 0 Å². The van der Waals surface area contributed by atoms with Gasteiger partial charge in [-0.15, -0.1) is 0 Å². The van der Waals surface area contributed by atoms with Crippen LogP contribution in [0, 0.1) is 5.92 Å². The van der Waals surface area contributed by atoms with E-state index in [0.29, 0.717) is 12.1 Å². The van der Waals surface area contributed by atoms with Crippen LogP contribution in [0.15, 0.2) is 12.4 Å². The van der Waals surface area contributed by atoms with Crippen LogP contribution in [0.4, 0.5) is 0 Å². The van der Waals surface area contributed by atoms with Crippen LogP contribution in [0.1, 0.15) is 45.5 Å². The Morgan fingerprint density at radius 1 is 1.39 bits per heavy atom. The molecule has 1 unspecified atom stereocenters. The van der Waals surface area contributed by atoms with Crippen LogP contribution in [0.5, 0.6) is 0 Å². The number of aromatic nitrogens is 2. The average molecular weight is 250 g/mol. The van der Waals surface area contributed by atoms with Gasteiger partial charge in [-0.3, -0.25) is 0 Å². The van der Waals surface area contributed by atoms with Crippen molar-refractivity contribution in [3.05, 3.63) is 18.2 Å². The van der Waals surface area contributed by atoms with E-state index in [1.165, 1.54) is 32.5 Å². The molecule has 0 bridgehead atoms. The molecule has 0 saturated carbocycles. The van der Waals surface area contributed by atoms with Crippen molar-refractivity contribution in [2.75, 3.05) is 19.6 Å². The Balaban J connectivity index is 1.73. The van der Waals surface area contributed by atoms with E-state index in [4.69, 9.17) is 0 Å². The van der Waals surface area contributed by atoms with Crippen molar-refractivity contribution in [1.29, 1.82) is 0 Å². The van der Waals surface area contributed by atoms with Gasteiger partial charge in [-0.05, 0) is 38.8 Å². The highest BCUT2D eigenvalue weighted by molar-refractivity contribution is 4.95. The Bertz CT molecular complexity index is 326. The zero-order chi connectivity index (χ0) is 13.0. The van der Waals surface area contributed by atoms with E-state index in [2.05, 4.69) is 41.0 Å². The summed E-state index contributed by atoms with van der Waals surface area (Å²) >= 11 is 0. The third kappa shape index (κ3) is 3.82. The Hall–Kier alpha value is -0.870. The first-order valence-corrected chi connectivity index (χ1v) is 7.13. The molecule has 4 heteroatoms. The molecular weight excluding hydrogens is 224 g/mol. The minimum atomic E-state index is 0.321. The summed E-state index contributed by atoms with van der Waals surface area (Å²) in [5, 5.41) is 3.67. The summed E-state index contributed by atoms with van der Waals surface area (Å²) in [5.41, 5.74) is 0. The predicted octanol–water partition coefficient (Wildman–Crippen LogP) is 2.18. The SMILES string of the molecule is CC(C)CN1CCC(NC(C)c2ncc[nH]2)CC1. The Kier molecular flexibility index (Phi) is 4.78. The highest BCUT2D eigenvalue weighted by Gasteiger charge is 2.21. The number of likely N-dealkylation sites (tertiary alicyclic amines) is 1. The predicted molar refractivity (Wildman–Crippen MR) is 74.4 cm³/mol. The van der Waals surface area contributed by atoms with Crippen molar-refractivity contribution < 1.29 is 0 Å². The van der Waals surface area contributed by atoms with Crippen LogP contribution in [0.2, 0.25) is 0 Å². The van der Waals surface area contributed by atoms with Crippen molar-refractivity contribution in [1.82, 2.24) is 20.2 Å². The van der Waals surface area contributed by atoms with Crippen LogP contribution in [-0.2, 0) is 0 Å². The summed E-state index contributed by atoms with van der Waals surface area (Å²) in [6.45, 7) is 10.5. The maximum absolute atomic E-state index is 4.31. The summed E-state index contributed by atoms with van der Waals surface area (Å²) in [6, 6.07) is 0.954. The summed E-state index contributed by atoms with van der Waals surface area (Å²) < 4.78 is 0. The molecule has 1 atom stereocenters. The van der Waals surface area contributed by atoms with E-state index in [0.717, 1.165) is 11.7 Å². The molecule has 102 valence electrons. The molecule has 2 heterocycles. The number of rotatable bonds is 5. The van der Waals surface area contributed by atoms with Gasteiger partial charge in [0.15, 0.2) is 0 Å². The molecule has 4 nitrogen and oxygen atoms in total. The zero-order valence-electron chi connectivity index (χ0n) is 11.8. The topological polar surface area (TPSA) is 44.0 Å². The highest BCUT2D eigenvalue weighted by Crippen LogP contribution is 2.15. The third-order valence-electron chi connectivity index (χ3n) is 3.63. The molecule has 1 aliphatic rings. The summed E-state index contributed by atoms with van der Waals surface area (Å²) in [4.78, 5) is 10.1. The number of hydrogen-bond donors (Lipinski definition) is 2. The molecule has 0 spiro atoms. The lowest BCUT2D eigenvalue weighted by Gasteiger charge is -2.34. The van der Waals surface area contributed by atoms with Crippen LogP contribution < -0.4 is 5.32 Å². The lowest BCUT2D eigenvalue weighted by molar-refractivity contribution is 0.175. The van der Waals surface area contributed by atoms with Crippen LogP contribution >= 0.6 is 0 Å². The molecule has 0 aromatic carbocycles. The second kappa shape index (κ2) is 6.34. The lowest BCUT2D eigenvalue weighted by Crippen LogP contribution is -2.44. The monoisotopic (exact) mass is 250 g/mol. The first-order valence-electron chi connectivity index (χ1n) is 7.13. The molecule has 0 aliphatic carbocycles. The van der Waals surface area contributed by atoms with Crippen molar-refractivity contribution in [3.8, 4) is 0 Å². The van der Waals surface area contributed by atoms with Crippen LogP contribution in [0.3, 0.4) is 0 Å². The fourth-order valence-electron chi connectivity index (χ4n) is 2.75. The quantitative estimate of drug-likeness (QED) is 0.842. The largest absolute Gasteiger partial charge is 0.347 e. The van der Waals surface area contributed by atoms with Crippen molar-refractivity contribution >= 4 is 0 Å². The molecule has 0 radical (unpaired) electrons. The van der Waals surface area contributed by atoms with Crippen molar-refractivity contribution in [3.63, 3.8) is 0 Å². The van der Waals surface area contributed by atoms with E-state index < -0.39 is 0 Å². The fourth-order valence-corrected chi connectivity index (χ4v) is 2.75. The summed E-state index contributed by atoms with van der Waals surface area (Å²) in [6.07, 6.45) is 6.20. The van der Waals surface area contributed by atoms with Gasteiger partial charge < -0.3 is 15.2 Å². The minimum absolute atomic E-state index is 0.321. The van der Waals surface area contributed by atoms with Gasteiger partial charge in [0, 0.05) is 25.0 Å². The molecule has 1 saturated heterocycles. The van der Waals surface area contributed by atoms with Gasteiger partial charge in [-0.25, -0.2) is 4.98 Å². The third-order valence-corrected chi connectivity index (χ3v) is 3.63. The Morgan fingerprint density at radius 2 is 2.11 bits per heavy atom. The Labute approximate surface area is 110 Å². The average Bonchev–Trinajstić information content (AvgIpc) is 2.84.